The Kier molecular flexibility index (Phi) is 3.33. The first-order valence-electron chi connectivity index (χ1n) is 7.24. The third kappa shape index (κ3) is 2.41. The van der Waals surface area contributed by atoms with Crippen LogP contribution in [0.1, 0.15) is 37.3 Å². The molecule has 3 rings (SSSR count). The number of benzene rings is 1. The predicted molar refractivity (Wildman–Crippen MR) is 83.0 cm³/mol. The van der Waals surface area contributed by atoms with Gasteiger partial charge in [-0.25, -0.2) is 9.45 Å². The highest BCUT2D eigenvalue weighted by Gasteiger charge is 2.34. The van der Waals surface area contributed by atoms with Gasteiger partial charge in [-0.15, -0.1) is 6.58 Å². The van der Waals surface area contributed by atoms with Crippen molar-refractivity contribution in [2.24, 2.45) is 0 Å². The van der Waals surface area contributed by atoms with Crippen molar-refractivity contribution in [3.63, 3.8) is 0 Å². The Bertz CT molecular complexity index is 758. The van der Waals surface area contributed by atoms with E-state index < -0.39 is 5.60 Å². The fourth-order valence-electron chi connectivity index (χ4n) is 2.78. The van der Waals surface area contributed by atoms with Crippen LogP contribution < -0.4 is 0 Å². The van der Waals surface area contributed by atoms with Crippen LogP contribution in [0.3, 0.4) is 0 Å². The molecule has 1 atom stereocenters. The molecule has 1 aliphatic heterocycles. The summed E-state index contributed by atoms with van der Waals surface area (Å²) in [6.07, 6.45) is 1.78. The SMILES string of the molecule is C=CC1CN(OC(C)(C)C)C(=O)c2cc3cc(F)ccc3n21. The number of fused-ring (bicyclic) bond motifs is 3. The maximum absolute atomic E-state index is 13.4. The van der Waals surface area contributed by atoms with Gasteiger partial charge in [0.2, 0.25) is 0 Å². The number of hydroxylamine groups is 2. The van der Waals surface area contributed by atoms with Crippen LogP contribution in [-0.2, 0) is 4.84 Å². The van der Waals surface area contributed by atoms with Crippen LogP contribution in [0.4, 0.5) is 4.39 Å². The fourth-order valence-corrected chi connectivity index (χ4v) is 2.78. The third-order valence-corrected chi connectivity index (χ3v) is 3.59. The van der Waals surface area contributed by atoms with E-state index in [0.29, 0.717) is 17.6 Å². The summed E-state index contributed by atoms with van der Waals surface area (Å²) in [4.78, 5) is 18.4. The second-order valence-electron chi connectivity index (χ2n) is 6.48. The maximum Gasteiger partial charge on any atom is 0.294 e. The van der Waals surface area contributed by atoms with Crippen molar-refractivity contribution in [3.05, 3.63) is 48.4 Å². The van der Waals surface area contributed by atoms with Gasteiger partial charge in [-0.3, -0.25) is 9.63 Å². The molecule has 1 unspecified atom stereocenters. The highest BCUT2D eigenvalue weighted by atomic mass is 19.1. The number of nitrogens with zero attached hydrogens (tertiary/aromatic N) is 2. The minimum absolute atomic E-state index is 0.113. The standard InChI is InChI=1S/C17H19FN2O2/c1-5-13-10-19(22-17(2,3)4)16(21)15-9-11-8-12(18)6-7-14(11)20(13)15/h5-9,13H,1,10H2,2-4H3. The zero-order valence-corrected chi connectivity index (χ0v) is 13.0. The number of aromatic nitrogens is 1. The van der Waals surface area contributed by atoms with E-state index in [2.05, 4.69) is 6.58 Å². The van der Waals surface area contributed by atoms with Gasteiger partial charge in [-0.1, -0.05) is 6.08 Å². The van der Waals surface area contributed by atoms with Crippen LogP contribution in [0, 0.1) is 5.82 Å². The molecule has 1 aromatic heterocycles. The molecule has 116 valence electrons. The molecule has 22 heavy (non-hydrogen) atoms. The van der Waals surface area contributed by atoms with Crippen LogP contribution in [0.15, 0.2) is 36.9 Å². The Hall–Kier alpha value is -2.14. The summed E-state index contributed by atoms with van der Waals surface area (Å²) in [5.74, 6) is -0.537. The summed E-state index contributed by atoms with van der Waals surface area (Å²) in [6, 6.07) is 6.12. The van der Waals surface area contributed by atoms with E-state index in [1.165, 1.54) is 17.2 Å². The fraction of sp³-hybridized carbons (Fsp3) is 0.353. The average Bonchev–Trinajstić information content (AvgIpc) is 2.79. The lowest BCUT2D eigenvalue weighted by molar-refractivity contribution is -0.201. The molecule has 2 heterocycles. The van der Waals surface area contributed by atoms with Gasteiger partial charge in [0.25, 0.3) is 5.91 Å². The number of hydrogen-bond donors (Lipinski definition) is 0. The molecule has 1 aromatic carbocycles. The highest BCUT2D eigenvalue weighted by molar-refractivity contribution is 5.99. The Morgan fingerprint density at radius 1 is 1.36 bits per heavy atom. The lowest BCUT2D eigenvalue weighted by Gasteiger charge is -2.36. The molecule has 1 aliphatic rings. The summed E-state index contributed by atoms with van der Waals surface area (Å²) < 4.78 is 15.3. The molecule has 4 nitrogen and oxygen atoms in total. The molecule has 0 aliphatic carbocycles. The molecular formula is C17H19FN2O2. The number of carbonyl (C=O) groups is 1. The molecule has 0 bridgehead atoms. The monoisotopic (exact) mass is 302 g/mol. The van der Waals surface area contributed by atoms with E-state index in [4.69, 9.17) is 4.84 Å². The summed E-state index contributed by atoms with van der Waals surface area (Å²) >= 11 is 0. The molecule has 0 radical (unpaired) electrons. The molecular weight excluding hydrogens is 283 g/mol. The Morgan fingerprint density at radius 2 is 2.09 bits per heavy atom. The maximum atomic E-state index is 13.4. The zero-order valence-electron chi connectivity index (χ0n) is 13.0. The van der Waals surface area contributed by atoms with Crippen LogP contribution in [0.2, 0.25) is 0 Å². The van der Waals surface area contributed by atoms with Crippen LogP contribution in [-0.4, -0.2) is 27.7 Å². The zero-order chi connectivity index (χ0) is 16.1. The van der Waals surface area contributed by atoms with Gasteiger partial charge in [0.1, 0.15) is 11.5 Å². The minimum Gasteiger partial charge on any atom is -0.328 e. The second kappa shape index (κ2) is 4.95. The number of halogens is 1. The van der Waals surface area contributed by atoms with Gasteiger partial charge < -0.3 is 4.57 Å². The Balaban J connectivity index is 2.12. The van der Waals surface area contributed by atoms with E-state index in [-0.39, 0.29) is 17.8 Å². The van der Waals surface area contributed by atoms with E-state index in [0.717, 1.165) is 5.52 Å². The van der Waals surface area contributed by atoms with Gasteiger partial charge in [0, 0.05) is 10.9 Å². The molecule has 0 fully saturated rings. The largest absolute Gasteiger partial charge is 0.328 e. The van der Waals surface area contributed by atoms with Crippen molar-refractivity contribution in [1.82, 2.24) is 9.63 Å². The summed E-state index contributed by atoms with van der Waals surface area (Å²) in [7, 11) is 0. The lowest BCUT2D eigenvalue weighted by atomic mass is 10.2. The number of carbonyl (C=O) groups excluding carboxylic acids is 1. The molecule has 0 saturated carbocycles. The highest BCUT2D eigenvalue weighted by Crippen LogP contribution is 2.31. The van der Waals surface area contributed by atoms with Crippen LogP contribution >= 0.6 is 0 Å². The van der Waals surface area contributed by atoms with E-state index in [1.807, 2.05) is 25.3 Å². The number of amides is 1. The molecule has 2 aromatic rings. The quantitative estimate of drug-likeness (QED) is 0.793. The number of rotatable bonds is 2. The van der Waals surface area contributed by atoms with Crippen LogP contribution in [0.5, 0.6) is 0 Å². The summed E-state index contributed by atoms with van der Waals surface area (Å²) in [6.45, 7) is 9.91. The predicted octanol–water partition coefficient (Wildman–Crippen LogP) is 3.69. The van der Waals surface area contributed by atoms with Gasteiger partial charge in [0.05, 0.1) is 18.2 Å². The van der Waals surface area contributed by atoms with Crippen LogP contribution in [0.25, 0.3) is 10.9 Å². The first-order valence-corrected chi connectivity index (χ1v) is 7.24. The second-order valence-corrected chi connectivity index (χ2v) is 6.48. The third-order valence-electron chi connectivity index (χ3n) is 3.59. The smallest absolute Gasteiger partial charge is 0.294 e. The van der Waals surface area contributed by atoms with Gasteiger partial charge in [-0.2, -0.15) is 0 Å². The van der Waals surface area contributed by atoms with Crippen molar-refractivity contribution >= 4 is 16.8 Å². The first kappa shape index (κ1) is 14.8. The Morgan fingerprint density at radius 3 is 2.73 bits per heavy atom. The molecule has 5 heteroatoms. The number of hydrogen-bond acceptors (Lipinski definition) is 2. The van der Waals surface area contributed by atoms with Gasteiger partial charge in [0.15, 0.2) is 0 Å². The van der Waals surface area contributed by atoms with Crippen molar-refractivity contribution in [1.29, 1.82) is 0 Å². The molecule has 0 N–H and O–H groups in total. The molecule has 0 saturated heterocycles. The normalized spacial score (nSPS) is 18.6. The summed E-state index contributed by atoms with van der Waals surface area (Å²) in [5.41, 5.74) is 0.841. The van der Waals surface area contributed by atoms with E-state index >= 15 is 0 Å². The van der Waals surface area contributed by atoms with Crippen molar-refractivity contribution < 1.29 is 14.0 Å². The lowest BCUT2D eigenvalue weighted by Crippen LogP contribution is -2.45. The molecule has 0 spiro atoms. The van der Waals surface area contributed by atoms with Crippen molar-refractivity contribution in [3.8, 4) is 0 Å². The minimum atomic E-state index is -0.471. The van der Waals surface area contributed by atoms with E-state index in [1.54, 1.807) is 18.2 Å². The topological polar surface area (TPSA) is 34.5 Å². The van der Waals surface area contributed by atoms with E-state index in [9.17, 15) is 9.18 Å². The van der Waals surface area contributed by atoms with Crippen molar-refractivity contribution in [2.45, 2.75) is 32.4 Å². The first-order chi connectivity index (χ1) is 10.3. The molecule has 1 amide bonds. The average molecular weight is 302 g/mol. The Labute approximate surface area is 128 Å². The summed E-state index contributed by atoms with van der Waals surface area (Å²) in [5, 5.41) is 2.07. The van der Waals surface area contributed by atoms with Crippen molar-refractivity contribution in [2.75, 3.05) is 6.54 Å². The van der Waals surface area contributed by atoms with Gasteiger partial charge in [-0.05, 0) is 45.0 Å². The van der Waals surface area contributed by atoms with Gasteiger partial charge >= 0.3 is 0 Å².